The summed E-state index contributed by atoms with van der Waals surface area (Å²) >= 11 is 0. The lowest BCUT2D eigenvalue weighted by atomic mass is 10.1. The molecule has 60 valence electrons. The zero-order valence-electron chi connectivity index (χ0n) is 6.10. The first-order valence-corrected chi connectivity index (χ1v) is 3.56. The third kappa shape index (κ3) is 3.08. The van der Waals surface area contributed by atoms with Crippen LogP contribution in [-0.4, -0.2) is 6.67 Å². The molecule has 3 heteroatoms. The minimum Gasteiger partial charge on any atom is -0.376 e. The third-order valence-corrected chi connectivity index (χ3v) is 1.62. The van der Waals surface area contributed by atoms with Crippen molar-refractivity contribution in [3.05, 3.63) is 11.8 Å². The largest absolute Gasteiger partial charge is 0.376 e. The fraction of sp³-hybridized carbons (Fsp3) is 0.714. The molecule has 0 aromatic heterocycles. The van der Waals surface area contributed by atoms with Gasteiger partial charge in [-0.25, -0.2) is 0 Å². The molecule has 0 aromatic carbocycles. The van der Waals surface area contributed by atoms with Crippen LogP contribution in [0.2, 0.25) is 0 Å². The summed E-state index contributed by atoms with van der Waals surface area (Å²) in [4.78, 5) is 0. The van der Waals surface area contributed by atoms with Crippen LogP contribution in [0.25, 0.3) is 0 Å². The lowest BCUT2D eigenvalue weighted by Gasteiger charge is -2.12. The second-order valence-corrected chi connectivity index (χ2v) is 2.36. The van der Waals surface area contributed by atoms with E-state index in [9.17, 15) is 0 Å². The summed E-state index contributed by atoms with van der Waals surface area (Å²) in [6.45, 7) is 0.575. The van der Waals surface area contributed by atoms with E-state index >= 15 is 0 Å². The molecule has 0 saturated carbocycles. The Balaban J connectivity index is 0.000000810. The number of hydrogen-bond donors (Lipinski definition) is 2. The van der Waals surface area contributed by atoms with Crippen LogP contribution in [0.15, 0.2) is 11.8 Å². The van der Waals surface area contributed by atoms with Gasteiger partial charge in [-0.1, -0.05) is 6.08 Å². The lowest BCUT2D eigenvalue weighted by Crippen LogP contribution is -2.22. The van der Waals surface area contributed by atoms with Crippen molar-refractivity contribution in [2.24, 2.45) is 5.73 Å². The highest BCUT2D eigenvalue weighted by Crippen LogP contribution is 2.13. The molecule has 0 fully saturated rings. The summed E-state index contributed by atoms with van der Waals surface area (Å²) < 4.78 is 0. The summed E-state index contributed by atoms with van der Waals surface area (Å²) in [5.74, 6) is 0. The van der Waals surface area contributed by atoms with Crippen molar-refractivity contribution in [3.8, 4) is 0 Å². The number of halogens is 1. The van der Waals surface area contributed by atoms with Gasteiger partial charge in [-0.15, -0.1) is 12.4 Å². The van der Waals surface area contributed by atoms with Crippen molar-refractivity contribution in [3.63, 3.8) is 0 Å². The van der Waals surface area contributed by atoms with E-state index in [-0.39, 0.29) is 12.4 Å². The second-order valence-electron chi connectivity index (χ2n) is 2.36. The minimum atomic E-state index is 0. The SMILES string of the molecule is Cl.NCNC1=CCCCC1. The average Bonchev–Trinajstić information content (AvgIpc) is 1.91. The molecule has 0 aliphatic heterocycles. The highest BCUT2D eigenvalue weighted by Gasteiger charge is 1.99. The quantitative estimate of drug-likeness (QED) is 0.602. The lowest BCUT2D eigenvalue weighted by molar-refractivity contribution is 0.644. The topological polar surface area (TPSA) is 38.0 Å². The molecule has 10 heavy (non-hydrogen) atoms. The van der Waals surface area contributed by atoms with Crippen molar-refractivity contribution >= 4 is 12.4 Å². The van der Waals surface area contributed by atoms with Crippen LogP contribution in [-0.2, 0) is 0 Å². The molecule has 1 aliphatic carbocycles. The smallest absolute Gasteiger partial charge is 0.0624 e. The molecular weight excluding hydrogens is 148 g/mol. The Labute approximate surface area is 68.3 Å². The van der Waals surface area contributed by atoms with Crippen LogP contribution in [0, 0.1) is 0 Å². The number of nitrogens with two attached hydrogens (primary N) is 1. The van der Waals surface area contributed by atoms with Crippen molar-refractivity contribution in [1.29, 1.82) is 0 Å². The first-order chi connectivity index (χ1) is 4.43. The summed E-state index contributed by atoms with van der Waals surface area (Å²) in [7, 11) is 0. The molecule has 0 atom stereocenters. The summed E-state index contributed by atoms with van der Waals surface area (Å²) in [5.41, 5.74) is 6.64. The second kappa shape index (κ2) is 5.57. The van der Waals surface area contributed by atoms with Crippen LogP contribution in [0.1, 0.15) is 25.7 Å². The number of nitrogens with one attached hydrogen (secondary N) is 1. The zero-order valence-corrected chi connectivity index (χ0v) is 6.91. The predicted octanol–water partition coefficient (Wildman–Crippen LogP) is 1.37. The van der Waals surface area contributed by atoms with Gasteiger partial charge in [0.1, 0.15) is 0 Å². The number of hydrogen-bond acceptors (Lipinski definition) is 2. The monoisotopic (exact) mass is 162 g/mol. The van der Waals surface area contributed by atoms with Crippen LogP contribution in [0.3, 0.4) is 0 Å². The van der Waals surface area contributed by atoms with Gasteiger partial charge in [0.05, 0.1) is 6.67 Å². The zero-order chi connectivity index (χ0) is 6.53. The Morgan fingerprint density at radius 2 is 2.30 bits per heavy atom. The van der Waals surface area contributed by atoms with E-state index in [1.807, 2.05) is 0 Å². The summed E-state index contributed by atoms with van der Waals surface area (Å²) in [5, 5.41) is 3.12. The Kier molecular flexibility index (Phi) is 5.45. The third-order valence-electron chi connectivity index (χ3n) is 1.62. The molecular formula is C7H15ClN2. The van der Waals surface area contributed by atoms with Gasteiger partial charge in [0.2, 0.25) is 0 Å². The summed E-state index contributed by atoms with van der Waals surface area (Å²) in [6, 6.07) is 0. The fourth-order valence-electron chi connectivity index (χ4n) is 1.13. The molecule has 0 heterocycles. The van der Waals surface area contributed by atoms with E-state index in [0.717, 1.165) is 0 Å². The Bertz CT molecular complexity index is 112. The normalized spacial score (nSPS) is 17.1. The maximum absolute atomic E-state index is 5.31. The molecule has 2 nitrogen and oxygen atoms in total. The molecule has 1 rings (SSSR count). The van der Waals surface area contributed by atoms with E-state index in [0.29, 0.717) is 6.67 Å². The predicted molar refractivity (Wildman–Crippen MR) is 46.0 cm³/mol. The van der Waals surface area contributed by atoms with Crippen LogP contribution in [0.5, 0.6) is 0 Å². The first kappa shape index (κ1) is 9.79. The fourth-order valence-corrected chi connectivity index (χ4v) is 1.13. The molecule has 0 radical (unpaired) electrons. The minimum absolute atomic E-state index is 0. The maximum Gasteiger partial charge on any atom is 0.0624 e. The van der Waals surface area contributed by atoms with Crippen LogP contribution < -0.4 is 11.1 Å². The van der Waals surface area contributed by atoms with Gasteiger partial charge in [0.25, 0.3) is 0 Å². The molecule has 0 bridgehead atoms. The molecule has 0 amide bonds. The van der Waals surface area contributed by atoms with Crippen LogP contribution >= 0.6 is 12.4 Å². The van der Waals surface area contributed by atoms with Crippen LogP contribution in [0.4, 0.5) is 0 Å². The van der Waals surface area contributed by atoms with Crippen molar-refractivity contribution in [2.75, 3.05) is 6.67 Å². The molecule has 1 aliphatic rings. The van der Waals surface area contributed by atoms with E-state index in [4.69, 9.17) is 5.73 Å². The Morgan fingerprint density at radius 1 is 1.50 bits per heavy atom. The molecule has 3 N–H and O–H groups in total. The molecule has 0 spiro atoms. The Morgan fingerprint density at radius 3 is 2.80 bits per heavy atom. The highest BCUT2D eigenvalue weighted by atomic mass is 35.5. The standard InChI is InChI=1S/C7H14N2.ClH/c8-6-9-7-4-2-1-3-5-7;/h4,9H,1-3,5-6,8H2;1H. The Hall–Kier alpha value is -0.210. The number of allylic oxidation sites excluding steroid dienone is 2. The van der Waals surface area contributed by atoms with E-state index in [1.54, 1.807) is 0 Å². The average molecular weight is 163 g/mol. The van der Waals surface area contributed by atoms with Gasteiger partial charge >= 0.3 is 0 Å². The van der Waals surface area contributed by atoms with Gasteiger partial charge in [-0.3, -0.25) is 0 Å². The number of rotatable bonds is 2. The first-order valence-electron chi connectivity index (χ1n) is 3.56. The van der Waals surface area contributed by atoms with Crippen molar-refractivity contribution in [2.45, 2.75) is 25.7 Å². The molecule has 0 unspecified atom stereocenters. The molecule has 0 aromatic rings. The van der Waals surface area contributed by atoms with E-state index < -0.39 is 0 Å². The van der Waals surface area contributed by atoms with E-state index in [2.05, 4.69) is 11.4 Å². The van der Waals surface area contributed by atoms with Gasteiger partial charge in [-0.2, -0.15) is 0 Å². The molecule has 0 saturated heterocycles. The van der Waals surface area contributed by atoms with Gasteiger partial charge in [0, 0.05) is 5.70 Å². The van der Waals surface area contributed by atoms with E-state index in [1.165, 1.54) is 31.4 Å². The van der Waals surface area contributed by atoms with Gasteiger partial charge in [0.15, 0.2) is 0 Å². The van der Waals surface area contributed by atoms with Crippen molar-refractivity contribution in [1.82, 2.24) is 5.32 Å². The van der Waals surface area contributed by atoms with Gasteiger partial charge < -0.3 is 11.1 Å². The summed E-state index contributed by atoms with van der Waals surface area (Å²) in [6.07, 6.45) is 7.32. The van der Waals surface area contributed by atoms with Crippen molar-refractivity contribution < 1.29 is 0 Å². The maximum atomic E-state index is 5.31. The highest BCUT2D eigenvalue weighted by molar-refractivity contribution is 5.85. The van der Waals surface area contributed by atoms with Gasteiger partial charge in [-0.05, 0) is 25.7 Å².